The Kier molecular flexibility index (Phi) is 4.39. The average Bonchev–Trinajstić information content (AvgIpc) is 2.28. The van der Waals surface area contributed by atoms with Crippen molar-refractivity contribution in [1.29, 1.82) is 0 Å². The molecule has 0 radical (unpaired) electrons. The first-order valence-corrected chi connectivity index (χ1v) is 5.40. The van der Waals surface area contributed by atoms with Crippen molar-refractivity contribution in [2.45, 2.75) is 38.2 Å². The van der Waals surface area contributed by atoms with Gasteiger partial charge in [0.15, 0.2) is 0 Å². The maximum atomic E-state index is 10.3. The van der Waals surface area contributed by atoms with Crippen LogP contribution in [0.4, 0.5) is 0 Å². The molecule has 1 atom stereocenters. The van der Waals surface area contributed by atoms with Gasteiger partial charge in [0.25, 0.3) is 0 Å². The van der Waals surface area contributed by atoms with Crippen molar-refractivity contribution in [1.82, 2.24) is 0 Å². The van der Waals surface area contributed by atoms with Crippen LogP contribution in [-0.2, 0) is 6.42 Å². The first-order chi connectivity index (χ1) is 7.20. The van der Waals surface area contributed by atoms with Crippen LogP contribution < -0.4 is 0 Å². The third-order valence-corrected chi connectivity index (χ3v) is 2.77. The van der Waals surface area contributed by atoms with E-state index in [-0.39, 0.29) is 0 Å². The lowest BCUT2D eigenvalue weighted by Gasteiger charge is -2.26. The van der Waals surface area contributed by atoms with E-state index in [2.05, 4.69) is 5.92 Å². The van der Waals surface area contributed by atoms with E-state index in [4.69, 9.17) is 6.42 Å². The second-order valence-electron chi connectivity index (χ2n) is 3.94. The fraction of sp³-hybridized carbons (Fsp3) is 0.429. The zero-order valence-corrected chi connectivity index (χ0v) is 9.24. The largest absolute Gasteiger partial charge is 0.390 e. The first kappa shape index (κ1) is 11.8. The highest BCUT2D eigenvalue weighted by atomic mass is 16.3. The second-order valence-corrected chi connectivity index (χ2v) is 3.94. The molecule has 0 spiro atoms. The summed E-state index contributed by atoms with van der Waals surface area (Å²) in [6.07, 6.45) is 7.96. The van der Waals surface area contributed by atoms with E-state index in [0.29, 0.717) is 19.3 Å². The van der Waals surface area contributed by atoms with Crippen molar-refractivity contribution in [2.24, 2.45) is 0 Å². The summed E-state index contributed by atoms with van der Waals surface area (Å²) in [4.78, 5) is 0. The van der Waals surface area contributed by atoms with Crippen LogP contribution in [0.3, 0.4) is 0 Å². The van der Waals surface area contributed by atoms with Crippen molar-refractivity contribution in [3.8, 4) is 12.3 Å². The van der Waals surface area contributed by atoms with Gasteiger partial charge in [-0.05, 0) is 18.4 Å². The zero-order valence-electron chi connectivity index (χ0n) is 9.24. The summed E-state index contributed by atoms with van der Waals surface area (Å²) in [7, 11) is 0. The molecule has 0 fully saturated rings. The van der Waals surface area contributed by atoms with E-state index < -0.39 is 5.60 Å². The Balaban J connectivity index is 2.64. The van der Waals surface area contributed by atoms with Gasteiger partial charge in [-0.15, -0.1) is 12.3 Å². The van der Waals surface area contributed by atoms with Gasteiger partial charge in [-0.1, -0.05) is 37.3 Å². The molecule has 0 saturated heterocycles. The lowest BCUT2D eigenvalue weighted by atomic mass is 9.88. The molecule has 0 aliphatic rings. The van der Waals surface area contributed by atoms with Crippen LogP contribution in [0.25, 0.3) is 0 Å². The Hall–Kier alpha value is -1.26. The van der Waals surface area contributed by atoms with Crippen LogP contribution in [0.1, 0.15) is 31.7 Å². The van der Waals surface area contributed by atoms with Crippen molar-refractivity contribution >= 4 is 0 Å². The van der Waals surface area contributed by atoms with Gasteiger partial charge in [0, 0.05) is 12.8 Å². The standard InChI is InChI=1S/C14H18O/c1-3-5-11-14(15,4-2)12-13-9-7-6-8-10-13/h1,6-10,15H,4-5,11-12H2,2H3. The van der Waals surface area contributed by atoms with Gasteiger partial charge in [-0.3, -0.25) is 0 Å². The highest BCUT2D eigenvalue weighted by Crippen LogP contribution is 2.22. The number of hydrogen-bond donors (Lipinski definition) is 1. The Bertz CT molecular complexity index is 323. The number of terminal acetylenes is 1. The van der Waals surface area contributed by atoms with Gasteiger partial charge in [0.2, 0.25) is 0 Å². The van der Waals surface area contributed by atoms with Crippen molar-refractivity contribution in [3.63, 3.8) is 0 Å². The van der Waals surface area contributed by atoms with Gasteiger partial charge in [-0.25, -0.2) is 0 Å². The van der Waals surface area contributed by atoms with Gasteiger partial charge >= 0.3 is 0 Å². The fourth-order valence-electron chi connectivity index (χ4n) is 1.67. The van der Waals surface area contributed by atoms with Crippen molar-refractivity contribution in [3.05, 3.63) is 35.9 Å². The molecule has 80 valence electrons. The molecule has 0 bridgehead atoms. The number of benzene rings is 1. The highest BCUT2D eigenvalue weighted by Gasteiger charge is 2.23. The predicted molar refractivity (Wildman–Crippen MR) is 63.5 cm³/mol. The summed E-state index contributed by atoms with van der Waals surface area (Å²) in [5, 5.41) is 10.3. The molecule has 1 unspecified atom stereocenters. The zero-order chi connectivity index (χ0) is 11.1. The second kappa shape index (κ2) is 5.58. The summed E-state index contributed by atoms with van der Waals surface area (Å²) in [5.41, 5.74) is 0.521. The van der Waals surface area contributed by atoms with Crippen molar-refractivity contribution in [2.75, 3.05) is 0 Å². The minimum Gasteiger partial charge on any atom is -0.390 e. The van der Waals surface area contributed by atoms with Crippen LogP contribution in [0.5, 0.6) is 0 Å². The molecule has 15 heavy (non-hydrogen) atoms. The maximum Gasteiger partial charge on any atom is 0.0694 e. The third kappa shape index (κ3) is 3.77. The van der Waals surface area contributed by atoms with E-state index in [1.165, 1.54) is 5.56 Å². The third-order valence-electron chi connectivity index (χ3n) is 2.77. The Morgan fingerprint density at radius 2 is 2.00 bits per heavy atom. The molecule has 1 aromatic carbocycles. The molecule has 0 aromatic heterocycles. The SMILES string of the molecule is C#CCCC(O)(CC)Cc1ccccc1. The van der Waals surface area contributed by atoms with Crippen molar-refractivity contribution < 1.29 is 5.11 Å². The van der Waals surface area contributed by atoms with E-state index in [9.17, 15) is 5.11 Å². The van der Waals surface area contributed by atoms with Gasteiger partial charge in [-0.2, -0.15) is 0 Å². The van der Waals surface area contributed by atoms with E-state index >= 15 is 0 Å². The van der Waals surface area contributed by atoms with Crippen LogP contribution in [0, 0.1) is 12.3 Å². The molecule has 0 saturated carbocycles. The van der Waals surface area contributed by atoms with Crippen LogP contribution in [-0.4, -0.2) is 10.7 Å². The minimum atomic E-state index is -0.645. The van der Waals surface area contributed by atoms with E-state index in [1.807, 2.05) is 37.3 Å². The summed E-state index contributed by atoms with van der Waals surface area (Å²) >= 11 is 0. The normalized spacial score (nSPS) is 14.2. The summed E-state index contributed by atoms with van der Waals surface area (Å²) in [6.45, 7) is 2.00. The van der Waals surface area contributed by atoms with E-state index in [1.54, 1.807) is 0 Å². The molecule has 1 nitrogen and oxygen atoms in total. The van der Waals surface area contributed by atoms with Gasteiger partial charge < -0.3 is 5.11 Å². The monoisotopic (exact) mass is 202 g/mol. The molecule has 0 amide bonds. The number of rotatable bonds is 5. The molecule has 0 aliphatic heterocycles. The number of aliphatic hydroxyl groups is 1. The maximum absolute atomic E-state index is 10.3. The lowest BCUT2D eigenvalue weighted by molar-refractivity contribution is 0.0293. The van der Waals surface area contributed by atoms with E-state index in [0.717, 1.165) is 6.42 Å². The Morgan fingerprint density at radius 1 is 1.33 bits per heavy atom. The molecular weight excluding hydrogens is 184 g/mol. The van der Waals surface area contributed by atoms with Crippen LogP contribution >= 0.6 is 0 Å². The highest BCUT2D eigenvalue weighted by molar-refractivity contribution is 5.17. The average molecular weight is 202 g/mol. The Labute approximate surface area is 92.1 Å². The predicted octanol–water partition coefficient (Wildman–Crippen LogP) is 2.78. The molecule has 1 N–H and O–H groups in total. The Morgan fingerprint density at radius 3 is 2.53 bits per heavy atom. The van der Waals surface area contributed by atoms with Crippen LogP contribution in [0.2, 0.25) is 0 Å². The lowest BCUT2D eigenvalue weighted by Crippen LogP contribution is -2.30. The summed E-state index contributed by atoms with van der Waals surface area (Å²) in [5.74, 6) is 2.58. The summed E-state index contributed by atoms with van der Waals surface area (Å²) in [6, 6.07) is 10.0. The molecule has 0 aliphatic carbocycles. The summed E-state index contributed by atoms with van der Waals surface area (Å²) < 4.78 is 0. The quantitative estimate of drug-likeness (QED) is 0.728. The smallest absolute Gasteiger partial charge is 0.0694 e. The molecular formula is C14H18O. The minimum absolute atomic E-state index is 0.636. The topological polar surface area (TPSA) is 20.2 Å². The first-order valence-electron chi connectivity index (χ1n) is 5.40. The van der Waals surface area contributed by atoms with Gasteiger partial charge in [0.05, 0.1) is 5.60 Å². The molecule has 1 aromatic rings. The van der Waals surface area contributed by atoms with Crippen LogP contribution in [0.15, 0.2) is 30.3 Å². The molecule has 1 rings (SSSR count). The molecule has 0 heterocycles. The molecule has 1 heteroatoms. The van der Waals surface area contributed by atoms with Gasteiger partial charge in [0.1, 0.15) is 0 Å². The number of hydrogen-bond acceptors (Lipinski definition) is 1. The fourth-order valence-corrected chi connectivity index (χ4v) is 1.67.